The van der Waals surface area contributed by atoms with Crippen LogP contribution in [0.5, 0.6) is 0 Å². The number of thiazole rings is 1. The van der Waals surface area contributed by atoms with Gasteiger partial charge in [0.25, 0.3) is 0 Å². The number of nitrogens with one attached hydrogen (secondary N) is 1. The Morgan fingerprint density at radius 3 is 2.89 bits per heavy atom. The van der Waals surface area contributed by atoms with Crippen molar-refractivity contribution in [1.82, 2.24) is 15.3 Å². The first-order chi connectivity index (χ1) is 9.24. The highest BCUT2D eigenvalue weighted by molar-refractivity contribution is 7.15. The fourth-order valence-corrected chi connectivity index (χ4v) is 3.24. The molecule has 2 aromatic heterocycles. The van der Waals surface area contributed by atoms with Crippen LogP contribution in [0.25, 0.3) is 10.6 Å². The second-order valence-corrected chi connectivity index (χ2v) is 6.46. The van der Waals surface area contributed by atoms with Crippen molar-refractivity contribution in [2.24, 2.45) is 0 Å². The Hall–Kier alpha value is -1.26. The molecular weight excluding hydrogens is 254 g/mol. The molecule has 0 atom stereocenters. The van der Waals surface area contributed by atoms with Gasteiger partial charge in [0.1, 0.15) is 5.01 Å². The van der Waals surface area contributed by atoms with Crippen LogP contribution in [0.4, 0.5) is 0 Å². The van der Waals surface area contributed by atoms with Gasteiger partial charge < -0.3 is 5.32 Å². The van der Waals surface area contributed by atoms with Gasteiger partial charge in [0.15, 0.2) is 0 Å². The summed E-state index contributed by atoms with van der Waals surface area (Å²) >= 11 is 1.80. The maximum absolute atomic E-state index is 4.82. The summed E-state index contributed by atoms with van der Waals surface area (Å²) in [5.41, 5.74) is 2.35. The lowest BCUT2D eigenvalue weighted by Gasteiger charge is -2.05. The molecule has 0 radical (unpaired) electrons. The number of aromatic nitrogens is 2. The van der Waals surface area contributed by atoms with E-state index in [-0.39, 0.29) is 0 Å². The highest BCUT2D eigenvalue weighted by Crippen LogP contribution is 2.32. The van der Waals surface area contributed by atoms with Crippen molar-refractivity contribution in [1.29, 1.82) is 0 Å². The molecule has 19 heavy (non-hydrogen) atoms. The Balaban J connectivity index is 1.87. The summed E-state index contributed by atoms with van der Waals surface area (Å²) in [4.78, 5) is 10.4. The summed E-state index contributed by atoms with van der Waals surface area (Å²) in [6.07, 6.45) is 6.34. The topological polar surface area (TPSA) is 37.8 Å². The van der Waals surface area contributed by atoms with Crippen LogP contribution in [-0.2, 0) is 6.54 Å². The molecule has 100 valence electrons. The minimum atomic E-state index is 0.470. The molecule has 0 spiro atoms. The van der Waals surface area contributed by atoms with Gasteiger partial charge in [-0.05, 0) is 30.9 Å². The van der Waals surface area contributed by atoms with E-state index in [9.17, 15) is 0 Å². The third-order valence-electron chi connectivity index (χ3n) is 3.31. The lowest BCUT2D eigenvalue weighted by molar-refractivity contribution is 0.681. The van der Waals surface area contributed by atoms with E-state index in [1.54, 1.807) is 17.5 Å². The number of pyridine rings is 1. The maximum atomic E-state index is 4.82. The Labute approximate surface area is 118 Å². The summed E-state index contributed by atoms with van der Waals surface area (Å²) in [6.45, 7) is 5.38. The Kier molecular flexibility index (Phi) is 3.62. The van der Waals surface area contributed by atoms with Gasteiger partial charge in [-0.15, -0.1) is 11.3 Å². The molecule has 0 bridgehead atoms. The lowest BCUT2D eigenvalue weighted by atomic mass is 10.1. The quantitative estimate of drug-likeness (QED) is 0.905. The van der Waals surface area contributed by atoms with E-state index >= 15 is 0 Å². The van der Waals surface area contributed by atoms with Gasteiger partial charge in [0.05, 0.1) is 5.69 Å². The second kappa shape index (κ2) is 5.39. The number of rotatable bonds is 5. The van der Waals surface area contributed by atoms with Crippen LogP contribution < -0.4 is 5.32 Å². The van der Waals surface area contributed by atoms with E-state index in [2.05, 4.69) is 30.2 Å². The van der Waals surface area contributed by atoms with Crippen molar-refractivity contribution in [2.45, 2.75) is 45.2 Å². The SMILES string of the molecule is CC(C)c1nc(-c2cccnc2)sc1CNC1CC1. The van der Waals surface area contributed by atoms with Crippen molar-refractivity contribution < 1.29 is 0 Å². The number of nitrogens with zero attached hydrogens (tertiary/aromatic N) is 2. The molecule has 1 N–H and O–H groups in total. The summed E-state index contributed by atoms with van der Waals surface area (Å²) in [7, 11) is 0. The monoisotopic (exact) mass is 273 g/mol. The summed E-state index contributed by atoms with van der Waals surface area (Å²) in [5, 5.41) is 4.68. The first kappa shape index (κ1) is 12.8. The number of hydrogen-bond donors (Lipinski definition) is 1. The van der Waals surface area contributed by atoms with Gasteiger partial charge in [-0.25, -0.2) is 4.98 Å². The molecule has 1 saturated carbocycles. The molecule has 1 fully saturated rings. The van der Waals surface area contributed by atoms with E-state index < -0.39 is 0 Å². The van der Waals surface area contributed by atoms with Crippen LogP contribution in [0.2, 0.25) is 0 Å². The first-order valence-corrected chi connectivity index (χ1v) is 7.69. The zero-order valence-electron chi connectivity index (χ0n) is 11.4. The fourth-order valence-electron chi connectivity index (χ4n) is 2.08. The minimum Gasteiger partial charge on any atom is -0.309 e. The van der Waals surface area contributed by atoms with Crippen LogP contribution in [0.15, 0.2) is 24.5 Å². The van der Waals surface area contributed by atoms with Crippen LogP contribution >= 0.6 is 11.3 Å². The molecule has 2 heterocycles. The fraction of sp³-hybridized carbons (Fsp3) is 0.467. The average Bonchev–Trinajstić information content (AvgIpc) is 3.15. The zero-order valence-corrected chi connectivity index (χ0v) is 12.2. The Morgan fingerprint density at radius 2 is 2.26 bits per heavy atom. The van der Waals surface area contributed by atoms with E-state index in [0.717, 1.165) is 23.2 Å². The molecule has 4 heteroatoms. The first-order valence-electron chi connectivity index (χ1n) is 6.87. The molecular formula is C15H19N3S. The molecule has 1 aliphatic carbocycles. The average molecular weight is 273 g/mol. The van der Waals surface area contributed by atoms with E-state index in [0.29, 0.717) is 5.92 Å². The summed E-state index contributed by atoms with van der Waals surface area (Å²) in [5.74, 6) is 0.470. The third kappa shape index (κ3) is 3.01. The third-order valence-corrected chi connectivity index (χ3v) is 4.43. The second-order valence-electron chi connectivity index (χ2n) is 5.38. The zero-order chi connectivity index (χ0) is 13.2. The van der Waals surface area contributed by atoms with Crippen molar-refractivity contribution in [2.75, 3.05) is 0 Å². The van der Waals surface area contributed by atoms with Crippen molar-refractivity contribution in [3.05, 3.63) is 35.1 Å². The van der Waals surface area contributed by atoms with Gasteiger partial charge in [-0.2, -0.15) is 0 Å². The Bertz CT molecular complexity index is 544. The normalized spacial score (nSPS) is 15.1. The Morgan fingerprint density at radius 1 is 1.42 bits per heavy atom. The predicted octanol–water partition coefficient (Wildman–Crippen LogP) is 3.58. The van der Waals surface area contributed by atoms with E-state index in [1.807, 2.05) is 12.3 Å². The molecule has 3 nitrogen and oxygen atoms in total. The number of hydrogen-bond acceptors (Lipinski definition) is 4. The van der Waals surface area contributed by atoms with Crippen molar-refractivity contribution in [3.63, 3.8) is 0 Å². The summed E-state index contributed by atoms with van der Waals surface area (Å²) in [6, 6.07) is 4.78. The van der Waals surface area contributed by atoms with Crippen LogP contribution in [-0.4, -0.2) is 16.0 Å². The molecule has 2 aromatic rings. The molecule has 0 aromatic carbocycles. The lowest BCUT2D eigenvalue weighted by Crippen LogP contribution is -2.15. The summed E-state index contributed by atoms with van der Waals surface area (Å²) < 4.78 is 0. The minimum absolute atomic E-state index is 0.470. The predicted molar refractivity (Wildman–Crippen MR) is 79.3 cm³/mol. The van der Waals surface area contributed by atoms with Gasteiger partial charge >= 0.3 is 0 Å². The standard InChI is InChI=1S/C15H19N3S/c1-10(2)14-13(9-17-12-5-6-12)19-15(18-14)11-4-3-7-16-8-11/h3-4,7-8,10,12,17H,5-6,9H2,1-2H3. The van der Waals surface area contributed by atoms with Crippen LogP contribution in [0.1, 0.15) is 43.2 Å². The largest absolute Gasteiger partial charge is 0.309 e. The highest BCUT2D eigenvalue weighted by Gasteiger charge is 2.22. The van der Waals surface area contributed by atoms with E-state index in [4.69, 9.17) is 4.98 Å². The van der Waals surface area contributed by atoms with Gasteiger partial charge in [0.2, 0.25) is 0 Å². The maximum Gasteiger partial charge on any atom is 0.125 e. The van der Waals surface area contributed by atoms with Crippen LogP contribution in [0, 0.1) is 0 Å². The molecule has 1 aliphatic rings. The highest BCUT2D eigenvalue weighted by atomic mass is 32.1. The molecule has 3 rings (SSSR count). The molecule has 0 saturated heterocycles. The van der Waals surface area contributed by atoms with Gasteiger partial charge in [0, 0.05) is 35.4 Å². The molecule has 0 aliphatic heterocycles. The molecule has 0 unspecified atom stereocenters. The molecule has 0 amide bonds. The van der Waals surface area contributed by atoms with Crippen molar-refractivity contribution in [3.8, 4) is 10.6 Å². The van der Waals surface area contributed by atoms with Crippen molar-refractivity contribution >= 4 is 11.3 Å². The van der Waals surface area contributed by atoms with Crippen LogP contribution in [0.3, 0.4) is 0 Å². The van der Waals surface area contributed by atoms with E-state index in [1.165, 1.54) is 23.4 Å². The van der Waals surface area contributed by atoms with Gasteiger partial charge in [-0.3, -0.25) is 4.98 Å². The van der Waals surface area contributed by atoms with Gasteiger partial charge in [-0.1, -0.05) is 13.8 Å². The smallest absolute Gasteiger partial charge is 0.125 e.